The Morgan fingerprint density at radius 2 is 1.81 bits per heavy atom. The predicted molar refractivity (Wildman–Crippen MR) is 100 cm³/mol. The van der Waals surface area contributed by atoms with Crippen LogP contribution in [0.3, 0.4) is 0 Å². The summed E-state index contributed by atoms with van der Waals surface area (Å²) in [5.74, 6) is -0.0525. The van der Waals surface area contributed by atoms with Gasteiger partial charge in [0.25, 0.3) is 0 Å². The van der Waals surface area contributed by atoms with Crippen LogP contribution in [0, 0.1) is 0 Å². The highest BCUT2D eigenvalue weighted by molar-refractivity contribution is 7.89. The Bertz CT molecular complexity index is 679. The molecule has 1 saturated heterocycles. The number of methoxy groups -OCH3 is 1. The zero-order chi connectivity index (χ0) is 19.2. The number of ether oxygens (including phenoxy) is 1. The number of nitrogens with zero attached hydrogens (tertiary/aromatic N) is 2. The van der Waals surface area contributed by atoms with E-state index in [0.29, 0.717) is 31.1 Å². The zero-order valence-electron chi connectivity index (χ0n) is 15.6. The molecule has 0 saturated carbocycles. The molecule has 7 nitrogen and oxygen atoms in total. The number of amides is 1. The van der Waals surface area contributed by atoms with Crippen molar-refractivity contribution in [3.05, 3.63) is 29.8 Å². The number of piperazine rings is 1. The van der Waals surface area contributed by atoms with Crippen molar-refractivity contribution in [2.75, 3.05) is 39.8 Å². The third-order valence-corrected chi connectivity index (χ3v) is 6.60. The van der Waals surface area contributed by atoms with Gasteiger partial charge in [0.15, 0.2) is 0 Å². The second kappa shape index (κ2) is 9.45. The van der Waals surface area contributed by atoms with Crippen LogP contribution in [0.4, 0.5) is 0 Å². The number of nitrogens with two attached hydrogens (primary N) is 1. The summed E-state index contributed by atoms with van der Waals surface area (Å²) >= 11 is 0. The maximum atomic E-state index is 12.8. The third kappa shape index (κ3) is 5.03. The average molecular weight is 384 g/mol. The molecule has 0 radical (unpaired) electrons. The van der Waals surface area contributed by atoms with Gasteiger partial charge in [-0.25, -0.2) is 8.42 Å². The fraction of sp³-hybridized carbons (Fsp3) is 0.611. The molecule has 1 fully saturated rings. The van der Waals surface area contributed by atoms with E-state index in [1.165, 1.54) is 11.4 Å². The van der Waals surface area contributed by atoms with Gasteiger partial charge in [-0.1, -0.05) is 25.5 Å². The van der Waals surface area contributed by atoms with Crippen LogP contribution in [0.15, 0.2) is 29.2 Å². The van der Waals surface area contributed by atoms with Crippen molar-refractivity contribution in [1.29, 1.82) is 0 Å². The molecule has 1 amide bonds. The van der Waals surface area contributed by atoms with Gasteiger partial charge in [-0.05, 0) is 24.1 Å². The number of hydrogen-bond acceptors (Lipinski definition) is 5. The van der Waals surface area contributed by atoms with Crippen LogP contribution < -0.4 is 5.73 Å². The Balaban J connectivity index is 1.96. The van der Waals surface area contributed by atoms with Crippen molar-refractivity contribution in [1.82, 2.24) is 9.21 Å². The third-order valence-electron chi connectivity index (χ3n) is 4.69. The monoisotopic (exact) mass is 383 g/mol. The van der Waals surface area contributed by atoms with E-state index < -0.39 is 10.0 Å². The number of carbonyl (C=O) groups excluding carboxylic acids is 1. The Morgan fingerprint density at radius 1 is 1.19 bits per heavy atom. The standard InChI is InChI=1S/C18H29N3O4S/c1-3-4-15-5-7-17(8-6-15)26(23,24)21-11-9-20(10-12-21)18(22)13-16(14-19)25-2/h5-8,16H,3-4,9-14,19H2,1-2H3. The molecule has 1 aliphatic heterocycles. The highest BCUT2D eigenvalue weighted by Crippen LogP contribution is 2.19. The van der Waals surface area contributed by atoms with Crippen molar-refractivity contribution in [3.8, 4) is 0 Å². The lowest BCUT2D eigenvalue weighted by molar-refractivity contribution is -0.134. The number of carbonyl (C=O) groups is 1. The SMILES string of the molecule is CCCc1ccc(S(=O)(=O)N2CCN(C(=O)CC(CN)OC)CC2)cc1. The van der Waals surface area contributed by atoms with Gasteiger partial charge in [0.1, 0.15) is 0 Å². The number of sulfonamides is 1. The number of rotatable bonds is 8. The minimum Gasteiger partial charge on any atom is -0.380 e. The van der Waals surface area contributed by atoms with E-state index >= 15 is 0 Å². The van der Waals surface area contributed by atoms with Gasteiger partial charge in [-0.2, -0.15) is 4.31 Å². The van der Waals surface area contributed by atoms with Crippen LogP contribution >= 0.6 is 0 Å². The van der Waals surface area contributed by atoms with Gasteiger partial charge in [0, 0.05) is 39.8 Å². The molecule has 8 heteroatoms. The molecule has 1 unspecified atom stereocenters. The molecule has 1 aromatic carbocycles. The molecule has 1 atom stereocenters. The largest absolute Gasteiger partial charge is 0.380 e. The van der Waals surface area contributed by atoms with E-state index in [1.54, 1.807) is 17.0 Å². The number of hydrogen-bond donors (Lipinski definition) is 1. The van der Waals surface area contributed by atoms with Crippen LogP contribution in [0.5, 0.6) is 0 Å². The van der Waals surface area contributed by atoms with Crippen LogP contribution in [0.25, 0.3) is 0 Å². The topological polar surface area (TPSA) is 92.9 Å². The Hall–Kier alpha value is -1.48. The zero-order valence-corrected chi connectivity index (χ0v) is 16.4. The van der Waals surface area contributed by atoms with E-state index in [-0.39, 0.29) is 25.0 Å². The van der Waals surface area contributed by atoms with Crippen molar-refractivity contribution in [2.45, 2.75) is 37.2 Å². The lowest BCUT2D eigenvalue weighted by atomic mass is 10.1. The molecule has 2 rings (SSSR count). The second-order valence-corrected chi connectivity index (χ2v) is 8.41. The van der Waals surface area contributed by atoms with E-state index in [9.17, 15) is 13.2 Å². The van der Waals surface area contributed by atoms with Gasteiger partial charge in [0.05, 0.1) is 17.4 Å². The van der Waals surface area contributed by atoms with E-state index in [0.717, 1.165) is 18.4 Å². The average Bonchev–Trinajstić information content (AvgIpc) is 2.66. The van der Waals surface area contributed by atoms with Crippen LogP contribution in [0.1, 0.15) is 25.3 Å². The summed E-state index contributed by atoms with van der Waals surface area (Å²) in [6, 6.07) is 7.08. The lowest BCUT2D eigenvalue weighted by Gasteiger charge is -2.34. The lowest BCUT2D eigenvalue weighted by Crippen LogP contribution is -2.51. The maximum absolute atomic E-state index is 12.8. The van der Waals surface area contributed by atoms with Crippen molar-refractivity contribution in [3.63, 3.8) is 0 Å². The summed E-state index contributed by atoms with van der Waals surface area (Å²) in [5.41, 5.74) is 6.68. The summed E-state index contributed by atoms with van der Waals surface area (Å²) in [6.07, 6.45) is 1.88. The molecule has 0 spiro atoms. The maximum Gasteiger partial charge on any atom is 0.243 e. The first-order chi connectivity index (χ1) is 12.4. The van der Waals surface area contributed by atoms with Gasteiger partial charge >= 0.3 is 0 Å². The summed E-state index contributed by atoms with van der Waals surface area (Å²) in [6.45, 7) is 3.73. The van der Waals surface area contributed by atoms with Crippen LogP contribution in [-0.2, 0) is 26.0 Å². The molecule has 26 heavy (non-hydrogen) atoms. The molecule has 0 bridgehead atoms. The molecule has 0 aliphatic carbocycles. The summed E-state index contributed by atoms with van der Waals surface area (Å²) in [7, 11) is -2.00. The van der Waals surface area contributed by atoms with Crippen LogP contribution in [0.2, 0.25) is 0 Å². The molecular formula is C18H29N3O4S. The van der Waals surface area contributed by atoms with Crippen LogP contribution in [-0.4, -0.2) is 69.5 Å². The van der Waals surface area contributed by atoms with Crippen molar-refractivity contribution < 1.29 is 17.9 Å². The molecule has 1 aliphatic rings. The summed E-state index contributed by atoms with van der Waals surface area (Å²) in [4.78, 5) is 14.3. The first-order valence-electron chi connectivity index (χ1n) is 9.02. The predicted octanol–water partition coefficient (Wildman–Crippen LogP) is 0.836. The summed E-state index contributed by atoms with van der Waals surface area (Å²) < 4.78 is 32.2. The fourth-order valence-corrected chi connectivity index (χ4v) is 4.45. The van der Waals surface area contributed by atoms with Gasteiger partial charge in [-0.3, -0.25) is 4.79 Å². The van der Waals surface area contributed by atoms with E-state index in [1.807, 2.05) is 12.1 Å². The van der Waals surface area contributed by atoms with Crippen molar-refractivity contribution in [2.24, 2.45) is 5.73 Å². The highest BCUT2D eigenvalue weighted by atomic mass is 32.2. The number of aryl methyl sites for hydroxylation is 1. The van der Waals surface area contributed by atoms with Gasteiger partial charge in [-0.15, -0.1) is 0 Å². The highest BCUT2D eigenvalue weighted by Gasteiger charge is 2.30. The normalized spacial score (nSPS) is 17.3. The van der Waals surface area contributed by atoms with E-state index in [2.05, 4.69) is 6.92 Å². The molecule has 2 N–H and O–H groups in total. The first kappa shape index (κ1) is 20.8. The Labute approximate surface area is 156 Å². The minimum absolute atomic E-state index is 0.0525. The Morgan fingerprint density at radius 3 is 2.31 bits per heavy atom. The molecule has 0 aromatic heterocycles. The molecule has 146 valence electrons. The van der Waals surface area contributed by atoms with Crippen molar-refractivity contribution >= 4 is 15.9 Å². The van der Waals surface area contributed by atoms with E-state index in [4.69, 9.17) is 10.5 Å². The molecule has 1 heterocycles. The molecule has 1 aromatic rings. The Kier molecular flexibility index (Phi) is 7.57. The minimum atomic E-state index is -3.52. The number of benzene rings is 1. The van der Waals surface area contributed by atoms with Gasteiger partial charge in [0.2, 0.25) is 15.9 Å². The first-order valence-corrected chi connectivity index (χ1v) is 10.5. The quantitative estimate of drug-likeness (QED) is 0.718. The molecular weight excluding hydrogens is 354 g/mol. The van der Waals surface area contributed by atoms with Gasteiger partial charge < -0.3 is 15.4 Å². The second-order valence-electron chi connectivity index (χ2n) is 6.48. The summed E-state index contributed by atoms with van der Waals surface area (Å²) in [5, 5.41) is 0. The smallest absolute Gasteiger partial charge is 0.243 e. The fourth-order valence-electron chi connectivity index (χ4n) is 3.03.